The normalized spacial score (nSPS) is 28.5. The molecule has 3 aliphatic rings. The number of aryl methyl sites for hydroxylation is 1. The summed E-state index contributed by atoms with van der Waals surface area (Å²) in [5.74, 6) is 0. The lowest BCUT2D eigenvalue weighted by atomic mass is 9.68. The van der Waals surface area contributed by atoms with Gasteiger partial charge in [-0.25, -0.2) is 0 Å². The zero-order chi connectivity index (χ0) is 18.9. The molecule has 3 heteroatoms. The first kappa shape index (κ1) is 18.3. The fourth-order valence-corrected chi connectivity index (χ4v) is 6.05. The molecule has 1 unspecified atom stereocenters. The van der Waals surface area contributed by atoms with Gasteiger partial charge in [0, 0.05) is 30.0 Å². The van der Waals surface area contributed by atoms with Gasteiger partial charge >= 0.3 is 0 Å². The highest BCUT2D eigenvalue weighted by Gasteiger charge is 2.48. The van der Waals surface area contributed by atoms with Crippen LogP contribution in [0.1, 0.15) is 74.2 Å². The zero-order valence-corrected chi connectivity index (χ0v) is 16.8. The van der Waals surface area contributed by atoms with Crippen molar-refractivity contribution in [2.75, 3.05) is 13.2 Å². The van der Waals surface area contributed by atoms with Crippen molar-refractivity contribution in [3.63, 3.8) is 0 Å². The van der Waals surface area contributed by atoms with Crippen LogP contribution in [0.5, 0.6) is 0 Å². The maximum Gasteiger partial charge on any atom is 0.0691 e. The summed E-state index contributed by atoms with van der Waals surface area (Å²) >= 11 is 0. The molecule has 3 nitrogen and oxygen atoms in total. The van der Waals surface area contributed by atoms with E-state index >= 15 is 0 Å². The van der Waals surface area contributed by atoms with Crippen molar-refractivity contribution >= 4 is 0 Å². The van der Waals surface area contributed by atoms with E-state index in [1.54, 1.807) is 0 Å². The summed E-state index contributed by atoms with van der Waals surface area (Å²) in [5, 5.41) is 3.89. The molecule has 5 rings (SSSR count). The van der Waals surface area contributed by atoms with Crippen molar-refractivity contribution < 1.29 is 4.74 Å². The summed E-state index contributed by atoms with van der Waals surface area (Å²) in [6.45, 7) is 1.93. The fourth-order valence-electron chi connectivity index (χ4n) is 6.05. The van der Waals surface area contributed by atoms with Crippen LogP contribution < -0.4 is 5.32 Å². The number of hydrogen-bond acceptors (Lipinski definition) is 3. The number of fused-ring (bicyclic) bond motifs is 1. The van der Waals surface area contributed by atoms with Crippen molar-refractivity contribution in [1.82, 2.24) is 10.3 Å². The fraction of sp³-hybridized carbons (Fsp3) is 0.560. The molecular weight excluding hydrogens is 344 g/mol. The molecule has 0 amide bonds. The van der Waals surface area contributed by atoms with Crippen molar-refractivity contribution in [2.45, 2.75) is 74.8 Å². The highest BCUT2D eigenvalue weighted by molar-refractivity contribution is 5.34. The molecule has 1 N–H and O–H groups in total. The van der Waals surface area contributed by atoms with Gasteiger partial charge in [-0.1, -0.05) is 43.2 Å². The van der Waals surface area contributed by atoms with Gasteiger partial charge in [-0.15, -0.1) is 0 Å². The standard InChI is InChI=1S/C25H32N2O/c1-2-8-21-20(7-1)10-11-22(21)26-17-14-24(23-9-3-6-16-27-23)15-18-28-25(19-24)12-4-5-13-25/h1-3,6-9,16,22,26H,4-5,10-15,17-19H2/t22?,24-/m1/s1. The van der Waals surface area contributed by atoms with Gasteiger partial charge in [-0.2, -0.15) is 0 Å². The van der Waals surface area contributed by atoms with Crippen molar-refractivity contribution in [3.8, 4) is 0 Å². The largest absolute Gasteiger partial charge is 0.375 e. The van der Waals surface area contributed by atoms with E-state index in [0.717, 1.165) is 32.4 Å². The van der Waals surface area contributed by atoms with Crippen LogP contribution in [0.25, 0.3) is 0 Å². The molecular formula is C25H32N2O. The van der Waals surface area contributed by atoms with E-state index in [-0.39, 0.29) is 11.0 Å². The van der Waals surface area contributed by atoms with Crippen LogP contribution in [-0.2, 0) is 16.6 Å². The van der Waals surface area contributed by atoms with Gasteiger partial charge in [-0.3, -0.25) is 4.98 Å². The van der Waals surface area contributed by atoms with E-state index in [2.05, 4.69) is 41.7 Å². The smallest absolute Gasteiger partial charge is 0.0691 e. The number of nitrogens with one attached hydrogen (secondary N) is 1. The van der Waals surface area contributed by atoms with Gasteiger partial charge in [0.25, 0.3) is 0 Å². The second-order valence-corrected chi connectivity index (χ2v) is 9.15. The number of nitrogens with zero attached hydrogens (tertiary/aromatic N) is 1. The summed E-state index contributed by atoms with van der Waals surface area (Å²) in [6, 6.07) is 15.9. The SMILES string of the molecule is c1ccc([C@]2(CCNC3CCc4ccccc43)CCOC3(CCCC3)C2)nc1. The summed E-state index contributed by atoms with van der Waals surface area (Å²) in [7, 11) is 0. The Balaban J connectivity index is 1.33. The first-order valence-corrected chi connectivity index (χ1v) is 11.2. The Hall–Kier alpha value is -1.71. The molecule has 1 aromatic heterocycles. The van der Waals surface area contributed by atoms with Gasteiger partial charge in [0.15, 0.2) is 0 Å². The number of hydrogen-bond donors (Lipinski definition) is 1. The van der Waals surface area contributed by atoms with E-state index < -0.39 is 0 Å². The highest BCUT2D eigenvalue weighted by atomic mass is 16.5. The first-order valence-electron chi connectivity index (χ1n) is 11.2. The second kappa shape index (κ2) is 7.61. The summed E-state index contributed by atoms with van der Waals surface area (Å²) in [6.07, 6.45) is 12.9. The Morgan fingerprint density at radius 3 is 2.75 bits per heavy atom. The molecule has 1 spiro atoms. The van der Waals surface area contributed by atoms with E-state index in [9.17, 15) is 0 Å². The number of ether oxygens (including phenoxy) is 1. The van der Waals surface area contributed by atoms with E-state index in [1.165, 1.54) is 55.3 Å². The van der Waals surface area contributed by atoms with E-state index in [1.807, 2.05) is 12.3 Å². The molecule has 1 saturated heterocycles. The second-order valence-electron chi connectivity index (χ2n) is 9.15. The average molecular weight is 377 g/mol. The number of benzene rings is 1. The van der Waals surface area contributed by atoms with Crippen molar-refractivity contribution in [3.05, 3.63) is 65.5 Å². The Morgan fingerprint density at radius 2 is 1.89 bits per heavy atom. The van der Waals surface area contributed by atoms with Crippen LogP contribution in [0.15, 0.2) is 48.7 Å². The topological polar surface area (TPSA) is 34.1 Å². The van der Waals surface area contributed by atoms with Crippen LogP contribution in [0.2, 0.25) is 0 Å². The summed E-state index contributed by atoms with van der Waals surface area (Å²) in [5.41, 5.74) is 4.56. The third-order valence-electron chi connectivity index (χ3n) is 7.50. The lowest BCUT2D eigenvalue weighted by molar-refractivity contribution is -0.104. The lowest BCUT2D eigenvalue weighted by Gasteiger charge is -2.46. The molecule has 0 bridgehead atoms. The Labute approximate surface area is 168 Å². The van der Waals surface area contributed by atoms with E-state index in [0.29, 0.717) is 6.04 Å². The van der Waals surface area contributed by atoms with Crippen molar-refractivity contribution in [2.24, 2.45) is 0 Å². The predicted molar refractivity (Wildman–Crippen MR) is 112 cm³/mol. The van der Waals surface area contributed by atoms with Crippen LogP contribution in [-0.4, -0.2) is 23.7 Å². The molecule has 28 heavy (non-hydrogen) atoms. The predicted octanol–water partition coefficient (Wildman–Crippen LogP) is 5.11. The monoisotopic (exact) mass is 376 g/mol. The minimum absolute atomic E-state index is 0.107. The minimum atomic E-state index is 0.107. The van der Waals surface area contributed by atoms with Crippen LogP contribution >= 0.6 is 0 Å². The molecule has 1 aromatic carbocycles. The Bertz CT molecular complexity index is 799. The zero-order valence-electron chi connectivity index (χ0n) is 16.8. The number of rotatable bonds is 5. The Kier molecular flexibility index (Phi) is 4.98. The van der Waals surface area contributed by atoms with Crippen LogP contribution in [0.3, 0.4) is 0 Å². The molecule has 1 saturated carbocycles. The molecule has 2 aliphatic carbocycles. The molecule has 2 aromatic rings. The number of pyridine rings is 1. The molecule has 1 aliphatic heterocycles. The average Bonchev–Trinajstić information content (AvgIpc) is 3.36. The van der Waals surface area contributed by atoms with Gasteiger partial charge in [0.05, 0.1) is 5.60 Å². The number of aromatic nitrogens is 1. The maximum absolute atomic E-state index is 6.38. The molecule has 2 fully saturated rings. The maximum atomic E-state index is 6.38. The van der Waals surface area contributed by atoms with Crippen LogP contribution in [0, 0.1) is 0 Å². The van der Waals surface area contributed by atoms with E-state index in [4.69, 9.17) is 9.72 Å². The lowest BCUT2D eigenvalue weighted by Crippen LogP contribution is -2.47. The summed E-state index contributed by atoms with van der Waals surface area (Å²) < 4.78 is 6.38. The van der Waals surface area contributed by atoms with Gasteiger partial charge in [0.1, 0.15) is 0 Å². The minimum Gasteiger partial charge on any atom is -0.375 e. The summed E-state index contributed by atoms with van der Waals surface area (Å²) in [4.78, 5) is 4.83. The first-order chi connectivity index (χ1) is 13.8. The highest BCUT2D eigenvalue weighted by Crippen LogP contribution is 2.49. The molecule has 148 valence electrons. The molecule has 2 heterocycles. The van der Waals surface area contributed by atoms with Gasteiger partial charge in [-0.05, 0) is 74.8 Å². The molecule has 0 radical (unpaired) electrons. The van der Waals surface area contributed by atoms with Crippen LogP contribution in [0.4, 0.5) is 0 Å². The van der Waals surface area contributed by atoms with Gasteiger partial charge < -0.3 is 10.1 Å². The van der Waals surface area contributed by atoms with Crippen molar-refractivity contribution in [1.29, 1.82) is 0 Å². The Morgan fingerprint density at radius 1 is 1.04 bits per heavy atom. The third-order valence-corrected chi connectivity index (χ3v) is 7.50. The molecule has 2 atom stereocenters. The third kappa shape index (κ3) is 3.40. The van der Waals surface area contributed by atoms with Gasteiger partial charge in [0.2, 0.25) is 0 Å². The quantitative estimate of drug-likeness (QED) is 0.787.